The molecule has 7 nitrogen and oxygen atoms in total. The molecule has 0 aliphatic heterocycles. The van der Waals surface area contributed by atoms with Crippen molar-refractivity contribution in [2.45, 2.75) is 33.6 Å². The molecular weight excluding hydrogens is 332 g/mol. The third-order valence-electron chi connectivity index (χ3n) is 4.19. The molecule has 0 aliphatic carbocycles. The lowest BCUT2D eigenvalue weighted by Crippen LogP contribution is -2.36. The van der Waals surface area contributed by atoms with E-state index in [1.807, 2.05) is 49.7 Å². The van der Waals surface area contributed by atoms with Gasteiger partial charge in [0.15, 0.2) is 0 Å². The Labute approximate surface area is 153 Å². The van der Waals surface area contributed by atoms with Crippen molar-refractivity contribution >= 4 is 17.7 Å². The number of carbonyl (C=O) groups is 2. The highest BCUT2D eigenvalue weighted by molar-refractivity contribution is 5.90. The van der Waals surface area contributed by atoms with Gasteiger partial charge in [0.2, 0.25) is 0 Å². The zero-order chi connectivity index (χ0) is 19.4. The first kappa shape index (κ1) is 19.5. The van der Waals surface area contributed by atoms with E-state index in [2.05, 4.69) is 10.4 Å². The number of amides is 2. The fourth-order valence-electron chi connectivity index (χ4n) is 2.68. The monoisotopic (exact) mass is 358 g/mol. The average molecular weight is 358 g/mol. The molecule has 1 heterocycles. The summed E-state index contributed by atoms with van der Waals surface area (Å²) >= 11 is 0. The van der Waals surface area contributed by atoms with Gasteiger partial charge in [-0.05, 0) is 25.0 Å². The zero-order valence-electron chi connectivity index (χ0n) is 15.9. The van der Waals surface area contributed by atoms with E-state index in [4.69, 9.17) is 5.11 Å². The van der Waals surface area contributed by atoms with Crippen LogP contribution in [0.25, 0.3) is 5.69 Å². The molecule has 7 heteroatoms. The topological polar surface area (TPSA) is 87.5 Å². The van der Waals surface area contributed by atoms with E-state index in [9.17, 15) is 9.59 Å². The first-order valence-electron chi connectivity index (χ1n) is 8.60. The zero-order valence-corrected chi connectivity index (χ0v) is 15.9. The minimum atomic E-state index is -0.931. The van der Waals surface area contributed by atoms with Crippen LogP contribution in [0.15, 0.2) is 30.5 Å². The predicted octanol–water partition coefficient (Wildman–Crippen LogP) is 3.49. The first-order valence-corrected chi connectivity index (χ1v) is 8.60. The van der Waals surface area contributed by atoms with Gasteiger partial charge in [0.1, 0.15) is 0 Å². The molecule has 1 unspecified atom stereocenters. The Morgan fingerprint density at radius 3 is 2.38 bits per heavy atom. The Morgan fingerprint density at radius 1 is 1.23 bits per heavy atom. The minimum Gasteiger partial charge on any atom is -0.481 e. The number of aliphatic carboxylic acids is 1. The van der Waals surface area contributed by atoms with Gasteiger partial charge in [0.25, 0.3) is 0 Å². The smallest absolute Gasteiger partial charge is 0.321 e. The van der Waals surface area contributed by atoms with E-state index in [0.29, 0.717) is 5.69 Å². The van der Waals surface area contributed by atoms with E-state index in [1.54, 1.807) is 20.2 Å². The molecule has 1 aromatic heterocycles. The third-order valence-corrected chi connectivity index (χ3v) is 4.19. The number of urea groups is 1. The van der Waals surface area contributed by atoms with E-state index >= 15 is 0 Å². The number of benzene rings is 1. The van der Waals surface area contributed by atoms with Gasteiger partial charge >= 0.3 is 12.0 Å². The number of carboxylic acids is 1. The number of aryl methyl sites for hydroxylation is 1. The standard InChI is InChI=1S/C19H26N4O3/c1-12(2)17-16(21-19(26)22(5)11-14(4)18(24)25)10-20-23(17)15-8-6-13(3)7-9-15/h6-10,12,14H,11H2,1-5H3,(H,21,26)(H,24,25). The molecule has 1 aromatic carbocycles. The summed E-state index contributed by atoms with van der Waals surface area (Å²) in [6.07, 6.45) is 1.63. The van der Waals surface area contributed by atoms with Crippen LogP contribution >= 0.6 is 0 Å². The largest absolute Gasteiger partial charge is 0.481 e. The Balaban J connectivity index is 2.23. The van der Waals surface area contributed by atoms with E-state index in [0.717, 1.165) is 16.9 Å². The summed E-state index contributed by atoms with van der Waals surface area (Å²) in [5, 5.41) is 16.3. The summed E-state index contributed by atoms with van der Waals surface area (Å²) in [5.41, 5.74) is 3.60. The molecule has 0 saturated carbocycles. The summed E-state index contributed by atoms with van der Waals surface area (Å²) < 4.78 is 1.82. The van der Waals surface area contributed by atoms with Crippen LogP contribution in [0.3, 0.4) is 0 Å². The van der Waals surface area contributed by atoms with Gasteiger partial charge < -0.3 is 15.3 Å². The highest BCUT2D eigenvalue weighted by Crippen LogP contribution is 2.27. The Bertz CT molecular complexity index is 781. The van der Waals surface area contributed by atoms with E-state index < -0.39 is 11.9 Å². The number of hydrogen-bond donors (Lipinski definition) is 2. The number of carboxylic acid groups (broad SMARTS) is 1. The second-order valence-corrected chi connectivity index (χ2v) is 6.90. The number of aromatic nitrogens is 2. The minimum absolute atomic E-state index is 0.129. The second kappa shape index (κ2) is 8.03. The van der Waals surface area contributed by atoms with Crippen LogP contribution < -0.4 is 5.32 Å². The Morgan fingerprint density at radius 2 is 1.85 bits per heavy atom. The normalized spacial score (nSPS) is 12.1. The van der Waals surface area contributed by atoms with Crippen LogP contribution in [0, 0.1) is 12.8 Å². The number of carbonyl (C=O) groups excluding carboxylic acids is 1. The molecule has 2 aromatic rings. The van der Waals surface area contributed by atoms with Crippen LogP contribution in [-0.2, 0) is 4.79 Å². The van der Waals surface area contributed by atoms with Crippen molar-refractivity contribution in [3.63, 3.8) is 0 Å². The third kappa shape index (κ3) is 4.41. The van der Waals surface area contributed by atoms with Gasteiger partial charge in [-0.3, -0.25) is 4.79 Å². The SMILES string of the molecule is Cc1ccc(-n2ncc(NC(=O)N(C)CC(C)C(=O)O)c2C(C)C)cc1. The lowest BCUT2D eigenvalue weighted by atomic mass is 10.1. The van der Waals surface area contributed by atoms with Crippen LogP contribution in [0.5, 0.6) is 0 Å². The maximum absolute atomic E-state index is 12.4. The van der Waals surface area contributed by atoms with E-state index in [1.165, 1.54) is 4.90 Å². The van der Waals surface area contributed by atoms with Crippen molar-refractivity contribution in [3.8, 4) is 5.69 Å². The molecule has 2 rings (SSSR count). The fraction of sp³-hybridized carbons (Fsp3) is 0.421. The molecule has 26 heavy (non-hydrogen) atoms. The summed E-state index contributed by atoms with van der Waals surface area (Å²) in [7, 11) is 1.58. The predicted molar refractivity (Wildman–Crippen MR) is 101 cm³/mol. The second-order valence-electron chi connectivity index (χ2n) is 6.90. The van der Waals surface area contributed by atoms with Crippen molar-refractivity contribution in [2.75, 3.05) is 18.9 Å². The number of nitrogens with one attached hydrogen (secondary N) is 1. The summed E-state index contributed by atoms with van der Waals surface area (Å²) in [4.78, 5) is 24.8. The molecule has 0 bridgehead atoms. The van der Waals surface area contributed by atoms with Gasteiger partial charge in [-0.2, -0.15) is 5.10 Å². The van der Waals surface area contributed by atoms with Crippen molar-refractivity contribution in [1.29, 1.82) is 0 Å². The van der Waals surface area contributed by atoms with Gasteiger partial charge in [0.05, 0.1) is 29.2 Å². The number of hydrogen-bond acceptors (Lipinski definition) is 3. The van der Waals surface area contributed by atoms with Gasteiger partial charge in [-0.15, -0.1) is 0 Å². The Kier molecular flexibility index (Phi) is 6.02. The average Bonchev–Trinajstić information content (AvgIpc) is 2.99. The molecule has 0 radical (unpaired) electrons. The highest BCUT2D eigenvalue weighted by atomic mass is 16.4. The van der Waals surface area contributed by atoms with Crippen LogP contribution in [-0.4, -0.2) is 45.4 Å². The quantitative estimate of drug-likeness (QED) is 0.827. The van der Waals surface area contributed by atoms with Gasteiger partial charge in [-0.1, -0.05) is 38.5 Å². The summed E-state index contributed by atoms with van der Waals surface area (Å²) in [6.45, 7) is 7.79. The maximum atomic E-state index is 12.4. The number of nitrogens with zero attached hydrogens (tertiary/aromatic N) is 3. The van der Waals surface area contributed by atoms with Crippen molar-refractivity contribution in [2.24, 2.45) is 5.92 Å². The molecule has 2 amide bonds. The molecule has 0 saturated heterocycles. The number of anilines is 1. The molecule has 1 atom stereocenters. The van der Waals surface area contributed by atoms with Crippen molar-refractivity contribution < 1.29 is 14.7 Å². The van der Waals surface area contributed by atoms with Crippen LogP contribution in [0.4, 0.5) is 10.5 Å². The molecule has 0 aliphatic rings. The molecule has 140 valence electrons. The van der Waals surface area contributed by atoms with Gasteiger partial charge in [-0.25, -0.2) is 9.48 Å². The number of rotatable bonds is 6. The summed E-state index contributed by atoms with van der Waals surface area (Å²) in [5.74, 6) is -1.43. The first-order chi connectivity index (χ1) is 12.2. The molecule has 0 fully saturated rings. The summed E-state index contributed by atoms with van der Waals surface area (Å²) in [6, 6.07) is 7.64. The fourth-order valence-corrected chi connectivity index (χ4v) is 2.68. The Hall–Kier alpha value is -2.83. The van der Waals surface area contributed by atoms with Crippen molar-refractivity contribution in [1.82, 2.24) is 14.7 Å². The van der Waals surface area contributed by atoms with E-state index in [-0.39, 0.29) is 18.5 Å². The van der Waals surface area contributed by atoms with Crippen molar-refractivity contribution in [3.05, 3.63) is 41.7 Å². The van der Waals surface area contributed by atoms with Crippen LogP contribution in [0.1, 0.15) is 37.9 Å². The molecule has 2 N–H and O–H groups in total. The maximum Gasteiger partial charge on any atom is 0.321 e. The van der Waals surface area contributed by atoms with Crippen LogP contribution in [0.2, 0.25) is 0 Å². The highest BCUT2D eigenvalue weighted by Gasteiger charge is 2.21. The molecular formula is C19H26N4O3. The lowest BCUT2D eigenvalue weighted by molar-refractivity contribution is -0.141. The lowest BCUT2D eigenvalue weighted by Gasteiger charge is -2.20. The molecule has 0 spiro atoms. The van der Waals surface area contributed by atoms with Gasteiger partial charge in [0, 0.05) is 13.6 Å².